The Morgan fingerprint density at radius 2 is 1.84 bits per heavy atom. The maximum Gasteiger partial charge on any atom is 0.310 e. The number of nitrogens with zero attached hydrogens (tertiary/aromatic N) is 1. The largest absolute Gasteiger partial charge is 0.455 e. The van der Waals surface area contributed by atoms with Gasteiger partial charge in [-0.05, 0) is 35.4 Å². The topological polar surface area (TPSA) is 79.2 Å². The van der Waals surface area contributed by atoms with Crippen molar-refractivity contribution in [3.8, 4) is 6.07 Å². The van der Waals surface area contributed by atoms with E-state index >= 15 is 0 Å². The van der Waals surface area contributed by atoms with Crippen LogP contribution in [0, 0.1) is 11.3 Å². The zero-order chi connectivity index (χ0) is 18.2. The van der Waals surface area contributed by atoms with Crippen LogP contribution in [-0.2, 0) is 27.2 Å². The molecule has 0 spiro atoms. The first-order valence-corrected chi connectivity index (χ1v) is 8.09. The Bertz CT molecular complexity index is 814. The smallest absolute Gasteiger partial charge is 0.310 e. The molecule has 0 unspecified atom stereocenters. The molecule has 0 aromatic heterocycles. The van der Waals surface area contributed by atoms with Crippen LogP contribution in [0.5, 0.6) is 0 Å². The van der Waals surface area contributed by atoms with Gasteiger partial charge >= 0.3 is 5.97 Å². The molecule has 128 valence electrons. The molecule has 7 heteroatoms. The van der Waals surface area contributed by atoms with Crippen molar-refractivity contribution in [2.75, 3.05) is 11.9 Å². The first-order valence-electron chi connectivity index (χ1n) is 7.33. The molecule has 0 bridgehead atoms. The van der Waals surface area contributed by atoms with Gasteiger partial charge in [0.2, 0.25) is 0 Å². The van der Waals surface area contributed by atoms with Crippen LogP contribution in [0.15, 0.2) is 42.5 Å². The van der Waals surface area contributed by atoms with Gasteiger partial charge in [-0.15, -0.1) is 0 Å². The van der Waals surface area contributed by atoms with Gasteiger partial charge in [-0.3, -0.25) is 9.59 Å². The number of anilines is 1. The molecule has 2 aromatic carbocycles. The second-order valence-electron chi connectivity index (χ2n) is 5.15. The molecule has 1 N–H and O–H groups in total. The Kier molecular flexibility index (Phi) is 6.81. The zero-order valence-electron chi connectivity index (χ0n) is 13.1. The van der Waals surface area contributed by atoms with E-state index in [1.807, 2.05) is 6.07 Å². The number of benzene rings is 2. The number of nitriles is 1. The number of hydrogen-bond acceptors (Lipinski definition) is 4. The fourth-order valence-electron chi connectivity index (χ4n) is 2.01. The van der Waals surface area contributed by atoms with Crippen molar-refractivity contribution < 1.29 is 14.3 Å². The molecule has 0 aliphatic rings. The minimum Gasteiger partial charge on any atom is -0.455 e. The number of rotatable bonds is 6. The van der Waals surface area contributed by atoms with Gasteiger partial charge in [0, 0.05) is 15.7 Å². The Hall–Kier alpha value is -2.55. The fourth-order valence-corrected chi connectivity index (χ4v) is 2.49. The number of carbonyl (C=O) groups is 2. The molecule has 0 saturated carbocycles. The number of hydrogen-bond donors (Lipinski definition) is 1. The van der Waals surface area contributed by atoms with Crippen LogP contribution >= 0.6 is 23.2 Å². The molecule has 2 aromatic rings. The molecule has 0 aliphatic heterocycles. The van der Waals surface area contributed by atoms with Crippen LogP contribution in [0.3, 0.4) is 0 Å². The normalized spacial score (nSPS) is 9.96. The molecule has 5 nitrogen and oxygen atoms in total. The summed E-state index contributed by atoms with van der Waals surface area (Å²) in [6.45, 7) is -0.399. The molecule has 0 aliphatic carbocycles. The third-order valence-corrected chi connectivity index (χ3v) is 3.82. The minimum absolute atomic E-state index is 0.0495. The number of nitrogens with one attached hydrogen (secondary N) is 1. The van der Waals surface area contributed by atoms with Gasteiger partial charge in [0.05, 0.1) is 18.9 Å². The molecular formula is C18H14Cl2N2O3. The lowest BCUT2D eigenvalue weighted by Crippen LogP contribution is -2.21. The van der Waals surface area contributed by atoms with Gasteiger partial charge in [-0.25, -0.2) is 0 Å². The van der Waals surface area contributed by atoms with E-state index in [1.165, 1.54) is 6.07 Å². The molecule has 0 atom stereocenters. The summed E-state index contributed by atoms with van der Waals surface area (Å²) in [5.41, 5.74) is 1.99. The van der Waals surface area contributed by atoms with Crippen LogP contribution in [0.4, 0.5) is 5.69 Å². The lowest BCUT2D eigenvalue weighted by molar-refractivity contribution is -0.146. The maximum atomic E-state index is 11.8. The van der Waals surface area contributed by atoms with E-state index in [1.54, 1.807) is 36.4 Å². The summed E-state index contributed by atoms with van der Waals surface area (Å²) in [7, 11) is 0. The third kappa shape index (κ3) is 6.11. The molecule has 1 amide bonds. The van der Waals surface area contributed by atoms with E-state index < -0.39 is 18.5 Å². The second kappa shape index (κ2) is 9.07. The van der Waals surface area contributed by atoms with Crippen LogP contribution in [0.2, 0.25) is 10.0 Å². The molecular weight excluding hydrogens is 363 g/mol. The lowest BCUT2D eigenvalue weighted by Gasteiger charge is -2.08. The summed E-state index contributed by atoms with van der Waals surface area (Å²) < 4.78 is 4.94. The number of ether oxygens (including phenoxy) is 1. The third-order valence-electron chi connectivity index (χ3n) is 3.24. The van der Waals surface area contributed by atoms with Crippen LogP contribution in [0.25, 0.3) is 0 Å². The summed E-state index contributed by atoms with van der Waals surface area (Å²) in [4.78, 5) is 23.6. The summed E-state index contributed by atoms with van der Waals surface area (Å²) in [6, 6.07) is 13.7. The molecule has 25 heavy (non-hydrogen) atoms. The average Bonchev–Trinajstić information content (AvgIpc) is 2.58. The van der Waals surface area contributed by atoms with Crippen LogP contribution in [0.1, 0.15) is 11.1 Å². The van der Waals surface area contributed by atoms with Gasteiger partial charge in [-0.1, -0.05) is 41.4 Å². The van der Waals surface area contributed by atoms with Gasteiger partial charge in [0.1, 0.15) is 0 Å². The standard InChI is InChI=1S/C18H14Cl2N2O3/c19-14-4-3-13(16(20)10-14)9-18(24)25-11-17(23)22-15-5-1-12(2-6-15)7-8-21/h1-6,10H,7,9,11H2,(H,22,23). The van der Waals surface area contributed by atoms with Crippen molar-refractivity contribution in [1.29, 1.82) is 5.26 Å². The predicted octanol–water partition coefficient (Wildman–Crippen LogP) is 3.78. The first-order chi connectivity index (χ1) is 12.0. The van der Waals surface area contributed by atoms with Crippen LogP contribution in [-0.4, -0.2) is 18.5 Å². The zero-order valence-corrected chi connectivity index (χ0v) is 14.6. The fraction of sp³-hybridized carbons (Fsp3) is 0.167. The molecule has 0 radical (unpaired) electrons. The quantitative estimate of drug-likeness (QED) is 0.777. The van der Waals surface area contributed by atoms with Crippen LogP contribution < -0.4 is 5.32 Å². The SMILES string of the molecule is N#CCc1ccc(NC(=O)COC(=O)Cc2ccc(Cl)cc2Cl)cc1. The van der Waals surface area contributed by atoms with Crippen molar-refractivity contribution in [3.63, 3.8) is 0 Å². The maximum absolute atomic E-state index is 11.8. The summed E-state index contributed by atoms with van der Waals surface area (Å²) >= 11 is 11.8. The van der Waals surface area contributed by atoms with E-state index in [2.05, 4.69) is 5.32 Å². The highest BCUT2D eigenvalue weighted by Crippen LogP contribution is 2.21. The van der Waals surface area contributed by atoms with Crippen molar-refractivity contribution in [3.05, 3.63) is 63.6 Å². The first kappa shape index (κ1) is 18.8. The minimum atomic E-state index is -0.566. The van der Waals surface area contributed by atoms with Gasteiger partial charge in [0.15, 0.2) is 6.61 Å². The van der Waals surface area contributed by atoms with Crippen molar-refractivity contribution in [1.82, 2.24) is 0 Å². The predicted molar refractivity (Wildman–Crippen MR) is 95.5 cm³/mol. The molecule has 0 fully saturated rings. The molecule has 0 saturated heterocycles. The Morgan fingerprint density at radius 3 is 2.48 bits per heavy atom. The lowest BCUT2D eigenvalue weighted by atomic mass is 10.1. The average molecular weight is 377 g/mol. The number of carbonyl (C=O) groups excluding carboxylic acids is 2. The van der Waals surface area contributed by atoms with Crippen molar-refractivity contribution >= 4 is 40.8 Å². The Labute approximate surface area is 155 Å². The van der Waals surface area contributed by atoms with Gasteiger partial charge in [-0.2, -0.15) is 5.26 Å². The van der Waals surface area contributed by atoms with Gasteiger partial charge < -0.3 is 10.1 Å². The Balaban J connectivity index is 1.81. The summed E-state index contributed by atoms with van der Waals surface area (Å²) in [6.07, 6.45) is 0.255. The second-order valence-corrected chi connectivity index (χ2v) is 6.00. The van der Waals surface area contributed by atoms with Crippen molar-refractivity contribution in [2.24, 2.45) is 0 Å². The number of amides is 1. The summed E-state index contributed by atoms with van der Waals surface area (Å²) in [5.74, 6) is -1.02. The van der Waals surface area contributed by atoms with E-state index in [0.717, 1.165) is 5.56 Å². The summed E-state index contributed by atoms with van der Waals surface area (Å²) in [5, 5.41) is 12.1. The van der Waals surface area contributed by atoms with E-state index in [-0.39, 0.29) is 6.42 Å². The highest BCUT2D eigenvalue weighted by molar-refractivity contribution is 6.35. The van der Waals surface area contributed by atoms with E-state index in [9.17, 15) is 9.59 Å². The Morgan fingerprint density at radius 1 is 1.12 bits per heavy atom. The monoisotopic (exact) mass is 376 g/mol. The molecule has 2 rings (SSSR count). The highest BCUT2D eigenvalue weighted by Gasteiger charge is 2.11. The van der Waals surface area contributed by atoms with Gasteiger partial charge in [0.25, 0.3) is 5.91 Å². The van der Waals surface area contributed by atoms with E-state index in [4.69, 9.17) is 33.2 Å². The number of halogens is 2. The molecule has 0 heterocycles. The number of esters is 1. The van der Waals surface area contributed by atoms with Crippen molar-refractivity contribution in [2.45, 2.75) is 12.8 Å². The van der Waals surface area contributed by atoms with E-state index in [0.29, 0.717) is 27.7 Å². The highest BCUT2D eigenvalue weighted by atomic mass is 35.5.